The molecule has 0 heterocycles. The topological polar surface area (TPSA) is 49.3 Å². The minimum absolute atomic E-state index is 0.0502. The molecule has 4 heteroatoms. The van der Waals surface area contributed by atoms with Gasteiger partial charge in [-0.15, -0.1) is 0 Å². The van der Waals surface area contributed by atoms with E-state index in [1.54, 1.807) is 12.1 Å². The Balaban J connectivity index is 2.82. The van der Waals surface area contributed by atoms with Crippen LogP contribution in [0.2, 0.25) is 0 Å². The van der Waals surface area contributed by atoms with Crippen molar-refractivity contribution in [1.29, 1.82) is 0 Å². The van der Waals surface area contributed by atoms with E-state index in [9.17, 15) is 4.79 Å². The summed E-state index contributed by atoms with van der Waals surface area (Å²) in [5, 5.41) is 11.4. The van der Waals surface area contributed by atoms with Gasteiger partial charge in [-0.25, -0.2) is 0 Å². The van der Waals surface area contributed by atoms with Gasteiger partial charge in [-0.3, -0.25) is 4.79 Å². The van der Waals surface area contributed by atoms with Crippen molar-refractivity contribution in [3.05, 3.63) is 29.8 Å². The fraction of sp³-hybridized carbons (Fsp3) is 0.250. The zero-order valence-electron chi connectivity index (χ0n) is 8.99. The average Bonchev–Trinajstić information content (AvgIpc) is 2.28. The summed E-state index contributed by atoms with van der Waals surface area (Å²) in [4.78, 5) is 11.4. The van der Waals surface area contributed by atoms with Crippen LogP contribution in [0.1, 0.15) is 5.56 Å². The molecule has 0 unspecified atom stereocenters. The van der Waals surface area contributed by atoms with Gasteiger partial charge >= 0.3 is 0 Å². The molecule has 0 atom stereocenters. The van der Waals surface area contributed by atoms with Crippen LogP contribution in [-0.2, 0) is 4.79 Å². The van der Waals surface area contributed by atoms with Crippen molar-refractivity contribution in [2.75, 3.05) is 23.9 Å². The summed E-state index contributed by atoms with van der Waals surface area (Å²) in [5.41, 5.74) is 1.40. The molecule has 0 aliphatic heterocycles. The highest BCUT2D eigenvalue weighted by Crippen LogP contribution is 2.13. The summed E-state index contributed by atoms with van der Waals surface area (Å²) < 4.78 is 0. The van der Waals surface area contributed by atoms with E-state index in [1.807, 2.05) is 18.4 Å². The number of aliphatic hydroxyl groups is 1. The van der Waals surface area contributed by atoms with Crippen LogP contribution in [0.5, 0.6) is 0 Å². The molecule has 0 fully saturated rings. The molecule has 0 spiro atoms. The normalized spacial score (nSPS) is 9.12. The second-order valence-electron chi connectivity index (χ2n) is 2.99. The first-order valence-electron chi connectivity index (χ1n) is 4.75. The van der Waals surface area contributed by atoms with Crippen molar-refractivity contribution in [2.24, 2.45) is 0 Å². The Bertz CT molecular complexity index is 421. The first-order valence-corrected chi connectivity index (χ1v) is 6.15. The van der Waals surface area contributed by atoms with Gasteiger partial charge in [-0.2, -0.15) is 11.8 Å². The van der Waals surface area contributed by atoms with Crippen molar-refractivity contribution in [3.8, 4) is 11.8 Å². The first kappa shape index (κ1) is 12.6. The van der Waals surface area contributed by atoms with Crippen LogP contribution in [0, 0.1) is 11.8 Å². The Morgan fingerprint density at radius 1 is 1.50 bits per heavy atom. The lowest BCUT2D eigenvalue weighted by Gasteiger charge is -2.06. The summed E-state index contributed by atoms with van der Waals surface area (Å²) in [6, 6.07) is 7.27. The van der Waals surface area contributed by atoms with Crippen LogP contribution >= 0.6 is 11.8 Å². The first-order chi connectivity index (χ1) is 7.77. The second kappa shape index (κ2) is 6.94. The van der Waals surface area contributed by atoms with E-state index < -0.39 is 0 Å². The number of nitrogens with one attached hydrogen (secondary N) is 1. The van der Waals surface area contributed by atoms with Gasteiger partial charge in [0.25, 0.3) is 0 Å². The summed E-state index contributed by atoms with van der Waals surface area (Å²) in [6.45, 7) is -0.187. The predicted octanol–water partition coefficient (Wildman–Crippen LogP) is 1.33. The summed E-state index contributed by atoms with van der Waals surface area (Å²) >= 11 is 1.46. The number of anilines is 1. The molecule has 1 aromatic rings. The number of carbonyl (C=O) groups is 1. The lowest BCUT2D eigenvalue weighted by atomic mass is 10.2. The summed E-state index contributed by atoms with van der Waals surface area (Å²) in [6.07, 6.45) is 1.87. The quantitative estimate of drug-likeness (QED) is 0.777. The number of hydrogen-bond acceptors (Lipinski definition) is 3. The molecule has 84 valence electrons. The highest BCUT2D eigenvalue weighted by molar-refractivity contribution is 7.99. The van der Waals surface area contributed by atoms with E-state index in [4.69, 9.17) is 5.11 Å². The molecule has 0 aliphatic carbocycles. The molecule has 0 aliphatic rings. The highest BCUT2D eigenvalue weighted by atomic mass is 32.2. The summed E-state index contributed by atoms with van der Waals surface area (Å²) in [5.74, 6) is 5.72. The molecule has 2 N–H and O–H groups in total. The molecule has 1 aromatic carbocycles. The Morgan fingerprint density at radius 3 is 2.94 bits per heavy atom. The molecular weight excluding hydrogens is 222 g/mol. The molecule has 3 nitrogen and oxygen atoms in total. The standard InChI is InChI=1S/C12H13NO2S/c1-16-9-12(15)13-11-7-3-2-5-10(11)6-4-8-14/h2-3,5,7,14H,8-9H2,1H3,(H,13,15). The highest BCUT2D eigenvalue weighted by Gasteiger charge is 2.03. The summed E-state index contributed by atoms with van der Waals surface area (Å²) in [7, 11) is 0. The third-order valence-corrected chi connectivity index (χ3v) is 2.33. The fourth-order valence-corrected chi connectivity index (χ4v) is 1.49. The number of amides is 1. The van der Waals surface area contributed by atoms with Crippen LogP contribution in [-0.4, -0.2) is 29.6 Å². The largest absolute Gasteiger partial charge is 0.384 e. The van der Waals surface area contributed by atoms with Gasteiger partial charge in [-0.05, 0) is 18.4 Å². The van der Waals surface area contributed by atoms with E-state index in [0.29, 0.717) is 17.0 Å². The molecule has 0 radical (unpaired) electrons. The molecule has 0 aromatic heterocycles. The van der Waals surface area contributed by atoms with Crippen molar-refractivity contribution in [1.82, 2.24) is 0 Å². The predicted molar refractivity (Wildman–Crippen MR) is 67.4 cm³/mol. The third-order valence-electron chi connectivity index (χ3n) is 1.78. The number of benzene rings is 1. The lowest BCUT2D eigenvalue weighted by molar-refractivity contribution is -0.113. The Morgan fingerprint density at radius 2 is 2.25 bits per heavy atom. The third kappa shape index (κ3) is 3.97. The molecular formula is C12H13NO2S. The van der Waals surface area contributed by atoms with E-state index >= 15 is 0 Å². The van der Waals surface area contributed by atoms with Gasteiger partial charge in [0.1, 0.15) is 6.61 Å². The molecule has 1 rings (SSSR count). The number of thioether (sulfide) groups is 1. The van der Waals surface area contributed by atoms with Gasteiger partial charge in [0.15, 0.2) is 0 Å². The van der Waals surface area contributed by atoms with E-state index in [1.165, 1.54) is 11.8 Å². The smallest absolute Gasteiger partial charge is 0.234 e. The SMILES string of the molecule is CSCC(=O)Nc1ccccc1C#CCO. The zero-order chi connectivity index (χ0) is 11.8. The Labute approximate surface area is 99.2 Å². The van der Waals surface area contributed by atoms with Crippen molar-refractivity contribution in [2.45, 2.75) is 0 Å². The van der Waals surface area contributed by atoms with Gasteiger partial charge < -0.3 is 10.4 Å². The maximum Gasteiger partial charge on any atom is 0.234 e. The van der Waals surface area contributed by atoms with E-state index in [-0.39, 0.29) is 12.5 Å². The average molecular weight is 235 g/mol. The van der Waals surface area contributed by atoms with Crippen molar-refractivity contribution >= 4 is 23.4 Å². The van der Waals surface area contributed by atoms with Crippen LogP contribution in [0.25, 0.3) is 0 Å². The van der Waals surface area contributed by atoms with Crippen molar-refractivity contribution in [3.63, 3.8) is 0 Å². The Kier molecular flexibility index (Phi) is 5.48. The van der Waals surface area contributed by atoms with Gasteiger partial charge in [-0.1, -0.05) is 24.0 Å². The van der Waals surface area contributed by atoms with Gasteiger partial charge in [0.2, 0.25) is 5.91 Å². The maximum absolute atomic E-state index is 11.4. The molecule has 0 bridgehead atoms. The van der Waals surface area contributed by atoms with Gasteiger partial charge in [0.05, 0.1) is 11.4 Å². The van der Waals surface area contributed by atoms with Crippen LogP contribution in [0.15, 0.2) is 24.3 Å². The van der Waals surface area contributed by atoms with E-state index in [2.05, 4.69) is 17.2 Å². The van der Waals surface area contributed by atoms with Gasteiger partial charge in [0, 0.05) is 5.56 Å². The maximum atomic E-state index is 11.4. The second-order valence-corrected chi connectivity index (χ2v) is 3.85. The molecule has 0 saturated carbocycles. The van der Waals surface area contributed by atoms with Crippen LogP contribution < -0.4 is 5.32 Å². The Hall–Kier alpha value is -1.44. The monoisotopic (exact) mass is 235 g/mol. The van der Waals surface area contributed by atoms with E-state index in [0.717, 1.165) is 0 Å². The number of hydrogen-bond donors (Lipinski definition) is 2. The minimum Gasteiger partial charge on any atom is -0.384 e. The number of rotatable bonds is 3. The minimum atomic E-state index is -0.187. The zero-order valence-corrected chi connectivity index (χ0v) is 9.80. The number of carbonyl (C=O) groups excluding carboxylic acids is 1. The van der Waals surface area contributed by atoms with Crippen molar-refractivity contribution < 1.29 is 9.90 Å². The van der Waals surface area contributed by atoms with Crippen LogP contribution in [0.3, 0.4) is 0 Å². The number of aliphatic hydroxyl groups excluding tert-OH is 1. The molecule has 0 saturated heterocycles. The van der Waals surface area contributed by atoms with Crippen LogP contribution in [0.4, 0.5) is 5.69 Å². The lowest BCUT2D eigenvalue weighted by Crippen LogP contribution is -2.14. The molecule has 16 heavy (non-hydrogen) atoms. The fourth-order valence-electron chi connectivity index (χ4n) is 1.15. The number of para-hydroxylation sites is 1. The molecule has 1 amide bonds.